The van der Waals surface area contributed by atoms with E-state index in [1.807, 2.05) is 24.3 Å². The summed E-state index contributed by atoms with van der Waals surface area (Å²) in [5.41, 5.74) is 2.42. The average Bonchev–Trinajstić information content (AvgIpc) is 2.75. The molecule has 0 atom stereocenters. The number of hydrogen-bond acceptors (Lipinski definition) is 3. The van der Waals surface area contributed by atoms with Crippen molar-refractivity contribution < 1.29 is 0 Å². The first-order valence-electron chi connectivity index (χ1n) is 6.04. The highest BCUT2D eigenvalue weighted by Crippen LogP contribution is 2.21. The third-order valence-electron chi connectivity index (χ3n) is 2.72. The third kappa shape index (κ3) is 5.15. The summed E-state index contributed by atoms with van der Waals surface area (Å²) < 4.78 is 1.19. The van der Waals surface area contributed by atoms with Gasteiger partial charge >= 0.3 is 0 Å². The fourth-order valence-corrected chi connectivity index (χ4v) is 3.20. The molecule has 102 valence electrons. The molecule has 0 aliphatic carbocycles. The first kappa shape index (κ1) is 14.9. The molecule has 1 N–H and O–H groups in total. The molecule has 19 heavy (non-hydrogen) atoms. The second kappa shape index (κ2) is 7.29. The van der Waals surface area contributed by atoms with Crippen molar-refractivity contribution in [2.24, 2.45) is 0 Å². The zero-order chi connectivity index (χ0) is 13.7. The van der Waals surface area contributed by atoms with Crippen molar-refractivity contribution in [2.45, 2.75) is 6.54 Å². The Morgan fingerprint density at radius 3 is 2.89 bits per heavy atom. The summed E-state index contributed by atoms with van der Waals surface area (Å²) in [4.78, 5) is 2.30. The molecule has 0 aliphatic heterocycles. The highest BCUT2D eigenvalue weighted by atomic mass is 79.9. The van der Waals surface area contributed by atoms with Gasteiger partial charge in [-0.05, 0) is 58.2 Å². The molecule has 1 aromatic heterocycles. The standard InChI is InChI=1S/C14H16BrClN2S/c1-18(9-11-7-14(15)19-10-11)6-5-17-13-4-2-3-12(16)8-13/h2-4,7-8,10,17H,5-6,9H2,1H3. The maximum Gasteiger partial charge on any atom is 0.0701 e. The molecule has 0 fully saturated rings. The Bertz CT molecular complexity index is 530. The van der Waals surface area contributed by atoms with E-state index in [-0.39, 0.29) is 0 Å². The molecule has 2 nitrogen and oxygen atoms in total. The van der Waals surface area contributed by atoms with E-state index in [1.54, 1.807) is 11.3 Å². The minimum Gasteiger partial charge on any atom is -0.384 e. The number of thiophene rings is 1. The van der Waals surface area contributed by atoms with Gasteiger partial charge in [-0.2, -0.15) is 0 Å². The minimum absolute atomic E-state index is 0.765. The van der Waals surface area contributed by atoms with Crippen molar-refractivity contribution >= 4 is 44.6 Å². The normalized spacial score (nSPS) is 10.9. The maximum atomic E-state index is 5.94. The first-order chi connectivity index (χ1) is 9.13. The van der Waals surface area contributed by atoms with Crippen LogP contribution in [0.4, 0.5) is 5.69 Å². The van der Waals surface area contributed by atoms with Crippen LogP contribution in [0.1, 0.15) is 5.56 Å². The highest BCUT2D eigenvalue weighted by molar-refractivity contribution is 9.11. The molecule has 0 spiro atoms. The van der Waals surface area contributed by atoms with Gasteiger partial charge in [0.2, 0.25) is 0 Å². The first-order valence-corrected chi connectivity index (χ1v) is 8.09. The van der Waals surface area contributed by atoms with Crippen LogP contribution in [-0.2, 0) is 6.54 Å². The van der Waals surface area contributed by atoms with Gasteiger partial charge in [0.15, 0.2) is 0 Å². The van der Waals surface area contributed by atoms with E-state index in [9.17, 15) is 0 Å². The van der Waals surface area contributed by atoms with Gasteiger partial charge in [-0.3, -0.25) is 0 Å². The number of likely N-dealkylation sites (N-methyl/N-ethyl adjacent to an activating group) is 1. The van der Waals surface area contributed by atoms with Gasteiger partial charge in [0, 0.05) is 30.3 Å². The Morgan fingerprint density at radius 2 is 2.21 bits per heavy atom. The summed E-state index contributed by atoms with van der Waals surface area (Å²) in [6, 6.07) is 9.98. The molecular formula is C14H16BrClN2S. The van der Waals surface area contributed by atoms with Crippen molar-refractivity contribution in [3.8, 4) is 0 Å². The molecule has 0 saturated carbocycles. The summed E-state index contributed by atoms with van der Waals surface area (Å²) in [5.74, 6) is 0. The molecule has 0 unspecified atom stereocenters. The zero-order valence-corrected chi connectivity index (χ0v) is 13.9. The van der Waals surface area contributed by atoms with E-state index < -0.39 is 0 Å². The van der Waals surface area contributed by atoms with Gasteiger partial charge in [0.25, 0.3) is 0 Å². The van der Waals surface area contributed by atoms with Crippen LogP contribution in [0.25, 0.3) is 0 Å². The predicted molar refractivity (Wildman–Crippen MR) is 88.3 cm³/mol. The smallest absolute Gasteiger partial charge is 0.0701 e. The van der Waals surface area contributed by atoms with Crippen molar-refractivity contribution in [1.29, 1.82) is 0 Å². The molecule has 2 aromatic rings. The minimum atomic E-state index is 0.765. The van der Waals surface area contributed by atoms with Crippen LogP contribution in [-0.4, -0.2) is 25.0 Å². The number of anilines is 1. The molecule has 1 aromatic carbocycles. The van der Waals surface area contributed by atoms with Gasteiger partial charge in [-0.1, -0.05) is 17.7 Å². The monoisotopic (exact) mass is 358 g/mol. The topological polar surface area (TPSA) is 15.3 Å². The van der Waals surface area contributed by atoms with E-state index in [1.165, 1.54) is 9.35 Å². The fraction of sp³-hybridized carbons (Fsp3) is 0.286. The Morgan fingerprint density at radius 1 is 1.37 bits per heavy atom. The van der Waals surface area contributed by atoms with E-state index in [4.69, 9.17) is 11.6 Å². The summed E-state index contributed by atoms with van der Waals surface area (Å²) in [6.45, 7) is 2.86. The summed E-state index contributed by atoms with van der Waals surface area (Å²) >= 11 is 11.2. The van der Waals surface area contributed by atoms with Gasteiger partial charge in [-0.25, -0.2) is 0 Å². The average molecular weight is 360 g/mol. The molecule has 0 aliphatic rings. The van der Waals surface area contributed by atoms with Gasteiger partial charge in [0.05, 0.1) is 3.79 Å². The lowest BCUT2D eigenvalue weighted by Gasteiger charge is -2.16. The summed E-state index contributed by atoms with van der Waals surface area (Å²) in [6.07, 6.45) is 0. The Kier molecular flexibility index (Phi) is 5.70. The largest absolute Gasteiger partial charge is 0.384 e. The van der Waals surface area contributed by atoms with Crippen molar-refractivity contribution in [1.82, 2.24) is 4.90 Å². The fourth-order valence-electron chi connectivity index (χ4n) is 1.81. The van der Waals surface area contributed by atoms with E-state index in [0.717, 1.165) is 30.3 Å². The van der Waals surface area contributed by atoms with E-state index in [0.29, 0.717) is 0 Å². The quantitative estimate of drug-likeness (QED) is 0.803. The number of rotatable bonds is 6. The van der Waals surface area contributed by atoms with Crippen molar-refractivity contribution in [3.05, 3.63) is 50.1 Å². The van der Waals surface area contributed by atoms with Crippen molar-refractivity contribution in [2.75, 3.05) is 25.5 Å². The molecule has 0 bridgehead atoms. The highest BCUT2D eigenvalue weighted by Gasteiger charge is 2.02. The summed E-state index contributed by atoms with van der Waals surface area (Å²) in [5, 5.41) is 6.33. The second-order valence-electron chi connectivity index (χ2n) is 4.43. The number of benzene rings is 1. The van der Waals surface area contributed by atoms with Crippen LogP contribution in [0.2, 0.25) is 5.02 Å². The molecule has 0 radical (unpaired) electrons. The van der Waals surface area contributed by atoms with Crippen LogP contribution in [0, 0.1) is 0 Å². The summed E-state index contributed by atoms with van der Waals surface area (Å²) in [7, 11) is 2.13. The molecule has 1 heterocycles. The lowest BCUT2D eigenvalue weighted by atomic mass is 10.3. The van der Waals surface area contributed by atoms with Gasteiger partial charge in [0.1, 0.15) is 0 Å². The van der Waals surface area contributed by atoms with Crippen LogP contribution < -0.4 is 5.32 Å². The van der Waals surface area contributed by atoms with Crippen LogP contribution in [0.5, 0.6) is 0 Å². The number of halogens is 2. The number of hydrogen-bond donors (Lipinski definition) is 1. The Labute approximate surface area is 131 Å². The maximum absolute atomic E-state index is 5.94. The lowest BCUT2D eigenvalue weighted by Crippen LogP contribution is -2.24. The lowest BCUT2D eigenvalue weighted by molar-refractivity contribution is 0.340. The second-order valence-corrected chi connectivity index (χ2v) is 7.16. The van der Waals surface area contributed by atoms with Gasteiger partial charge < -0.3 is 10.2 Å². The van der Waals surface area contributed by atoms with E-state index in [2.05, 4.69) is 44.6 Å². The SMILES string of the molecule is CN(CCNc1cccc(Cl)c1)Cc1csc(Br)c1. The molecule has 2 rings (SSSR count). The molecular weight excluding hydrogens is 344 g/mol. The van der Waals surface area contributed by atoms with Crippen LogP contribution in [0.3, 0.4) is 0 Å². The zero-order valence-electron chi connectivity index (χ0n) is 10.7. The number of nitrogens with one attached hydrogen (secondary N) is 1. The van der Waals surface area contributed by atoms with Crippen molar-refractivity contribution in [3.63, 3.8) is 0 Å². The molecule has 0 saturated heterocycles. The third-order valence-corrected chi connectivity index (χ3v) is 4.51. The molecule has 5 heteroatoms. The van der Waals surface area contributed by atoms with Crippen LogP contribution in [0.15, 0.2) is 39.5 Å². The van der Waals surface area contributed by atoms with Crippen LogP contribution >= 0.6 is 38.9 Å². The van der Waals surface area contributed by atoms with E-state index >= 15 is 0 Å². The molecule has 0 amide bonds. The Hall–Kier alpha value is -0.550. The van der Waals surface area contributed by atoms with Gasteiger partial charge in [-0.15, -0.1) is 11.3 Å². The Balaban J connectivity index is 1.73. The predicted octanol–water partition coefficient (Wildman–Crippen LogP) is 4.71. The number of nitrogens with zero attached hydrogens (tertiary/aromatic N) is 1.